The van der Waals surface area contributed by atoms with Crippen LogP contribution in [0.25, 0.3) is 0 Å². The number of carbonyl (C=O) groups is 1. The van der Waals surface area contributed by atoms with Crippen molar-refractivity contribution in [1.82, 2.24) is 0 Å². The number of phenols is 1. The van der Waals surface area contributed by atoms with E-state index in [1.165, 1.54) is 0 Å². The molecule has 0 saturated heterocycles. The number of nitrogens with two attached hydrogens (primary N) is 1. The van der Waals surface area contributed by atoms with Gasteiger partial charge in [-0.05, 0) is 93.6 Å². The van der Waals surface area contributed by atoms with Gasteiger partial charge in [-0.1, -0.05) is 0 Å². The molecule has 0 amide bonds. The maximum atomic E-state index is 10.8. The monoisotopic (exact) mass is 549 g/mol. The van der Waals surface area contributed by atoms with Gasteiger partial charge in [-0.15, -0.1) is 0 Å². The summed E-state index contributed by atoms with van der Waals surface area (Å²) < 4.78 is 7.56. The van der Waals surface area contributed by atoms with Gasteiger partial charge in [0.05, 0.1) is 7.14 Å². The van der Waals surface area contributed by atoms with E-state index in [2.05, 4.69) is 45.2 Å². The van der Waals surface area contributed by atoms with E-state index in [0.717, 1.165) is 12.7 Å². The van der Waals surface area contributed by atoms with Crippen molar-refractivity contribution in [3.63, 3.8) is 0 Å². The van der Waals surface area contributed by atoms with Crippen molar-refractivity contribution in [3.05, 3.63) is 49.1 Å². The van der Waals surface area contributed by atoms with Crippen LogP contribution in [0.2, 0.25) is 0 Å². The summed E-state index contributed by atoms with van der Waals surface area (Å²) in [6.45, 7) is 0. The van der Waals surface area contributed by atoms with Gasteiger partial charge in [-0.3, -0.25) is 4.79 Å². The number of carboxylic acid groups (broad SMARTS) is 1. The summed E-state index contributed by atoms with van der Waals surface area (Å²) >= 11 is 4.28. The molecule has 0 aromatic heterocycles. The Morgan fingerprint density at radius 3 is 2.17 bits per heavy atom. The number of benzene rings is 2. The number of rotatable bonds is 5. The van der Waals surface area contributed by atoms with Crippen LogP contribution >= 0.6 is 45.2 Å². The second-order valence-corrected chi connectivity index (χ2v) is 6.96. The number of aromatic hydroxyl groups is 1. The third-order valence-electron chi connectivity index (χ3n) is 2.89. The van der Waals surface area contributed by atoms with Crippen LogP contribution in [0, 0.1) is 7.14 Å². The third kappa shape index (κ3) is 6.05. The van der Waals surface area contributed by atoms with E-state index in [1.807, 2.05) is 12.1 Å². The average molecular weight is 549 g/mol. The van der Waals surface area contributed by atoms with Gasteiger partial charge in [0.15, 0.2) is 5.75 Å². The summed E-state index contributed by atoms with van der Waals surface area (Å²) in [5.41, 5.74) is 6.41. The van der Waals surface area contributed by atoms with E-state index in [4.69, 9.17) is 15.6 Å². The first-order valence-electron chi connectivity index (χ1n) is 6.30. The Morgan fingerprint density at radius 2 is 1.70 bits per heavy atom. The molecule has 0 unspecified atom stereocenters. The number of hydrogen-bond donors (Lipinski definition) is 3. The molecule has 0 spiro atoms. The van der Waals surface area contributed by atoms with Crippen LogP contribution in [0.15, 0.2) is 36.4 Å². The number of aliphatic carboxylic acids is 1. The van der Waals surface area contributed by atoms with Gasteiger partial charge in [0.25, 0.3) is 0 Å². The summed E-state index contributed by atoms with van der Waals surface area (Å²) in [4.78, 5) is 10.8. The molecule has 0 aliphatic rings. The molecule has 8 heteroatoms. The van der Waals surface area contributed by atoms with Crippen molar-refractivity contribution in [2.75, 3.05) is 0 Å². The maximum absolute atomic E-state index is 10.8. The van der Waals surface area contributed by atoms with Crippen molar-refractivity contribution in [2.45, 2.75) is 12.5 Å². The van der Waals surface area contributed by atoms with E-state index >= 15 is 0 Å². The topological polar surface area (TPSA) is 92.8 Å². The van der Waals surface area contributed by atoms with E-state index < -0.39 is 12.0 Å². The minimum absolute atomic E-state index is 0. The summed E-state index contributed by atoms with van der Waals surface area (Å²) in [5.74, 6) is 0.465. The Hall–Kier alpha value is -0.0700. The van der Waals surface area contributed by atoms with Crippen molar-refractivity contribution in [2.24, 2.45) is 5.73 Å². The average Bonchev–Trinajstić information content (AvgIpc) is 2.44. The number of carboxylic acids is 1. The molecule has 2 rings (SSSR count). The van der Waals surface area contributed by atoms with Gasteiger partial charge in [0.2, 0.25) is 0 Å². The SMILES string of the molecule is N[C@@H](Cc1cc(I)c(Oc2ccc(O)cc2)c(I)c1)C(=O)O.[NaH]. The van der Waals surface area contributed by atoms with Crippen molar-refractivity contribution >= 4 is 80.7 Å². The van der Waals surface area contributed by atoms with Crippen LogP contribution in [0.3, 0.4) is 0 Å². The van der Waals surface area contributed by atoms with E-state index in [1.54, 1.807) is 24.3 Å². The summed E-state index contributed by atoms with van der Waals surface area (Å²) in [6.07, 6.45) is 0.265. The molecular formula is C15H14I2NNaO4. The van der Waals surface area contributed by atoms with Crippen molar-refractivity contribution < 1.29 is 19.7 Å². The van der Waals surface area contributed by atoms with E-state index in [0.29, 0.717) is 11.5 Å². The Morgan fingerprint density at radius 1 is 1.17 bits per heavy atom. The standard InChI is InChI=1S/C15H13I2NO4.Na.H/c16-11-5-8(7-13(18)15(20)21)6-12(17)14(11)22-10-3-1-9(19)2-4-10;;/h1-6,13,19H,7,18H2,(H,20,21);;/t13-;;/m0../s1. The molecule has 1 atom stereocenters. The van der Waals surface area contributed by atoms with Crippen molar-refractivity contribution in [3.8, 4) is 17.2 Å². The summed E-state index contributed by atoms with van der Waals surface area (Å²) in [6, 6.07) is 9.26. The molecule has 2 aromatic rings. The zero-order valence-corrected chi connectivity index (χ0v) is 15.6. The first kappa shape index (κ1) is 21.0. The molecule has 5 nitrogen and oxygen atoms in total. The normalized spacial score (nSPS) is 11.4. The molecule has 0 fully saturated rings. The molecule has 4 N–H and O–H groups in total. The fraction of sp³-hybridized carbons (Fsp3) is 0.133. The predicted molar refractivity (Wildman–Crippen MR) is 107 cm³/mol. The Balaban J connectivity index is 0.00000264. The van der Waals surface area contributed by atoms with Gasteiger partial charge >= 0.3 is 35.5 Å². The van der Waals surface area contributed by atoms with E-state index in [9.17, 15) is 9.90 Å². The predicted octanol–water partition coefficient (Wildman–Crippen LogP) is 2.70. The molecule has 0 saturated carbocycles. The number of halogens is 2. The van der Waals surface area contributed by atoms with Crippen molar-refractivity contribution in [1.29, 1.82) is 0 Å². The second kappa shape index (κ2) is 9.42. The number of ether oxygens (including phenoxy) is 1. The fourth-order valence-corrected chi connectivity index (χ4v) is 3.92. The molecule has 0 radical (unpaired) electrons. The molecular weight excluding hydrogens is 535 g/mol. The second-order valence-electron chi connectivity index (χ2n) is 4.63. The van der Waals surface area contributed by atoms with Gasteiger partial charge in [-0.2, -0.15) is 0 Å². The van der Waals surface area contributed by atoms with Gasteiger partial charge in [-0.25, -0.2) is 0 Å². The number of phenolic OH excluding ortho intramolecular Hbond substituents is 1. The summed E-state index contributed by atoms with van der Waals surface area (Å²) in [5, 5.41) is 18.2. The fourth-order valence-electron chi connectivity index (χ4n) is 1.80. The molecule has 23 heavy (non-hydrogen) atoms. The van der Waals surface area contributed by atoms with E-state index in [-0.39, 0.29) is 41.7 Å². The van der Waals surface area contributed by atoms with Gasteiger partial charge < -0.3 is 20.7 Å². The Labute approximate surface area is 183 Å². The molecule has 118 valence electrons. The van der Waals surface area contributed by atoms with Gasteiger partial charge in [0.1, 0.15) is 17.5 Å². The van der Waals surface area contributed by atoms with Crippen LogP contribution in [-0.4, -0.2) is 51.8 Å². The molecule has 0 bridgehead atoms. The van der Waals surface area contributed by atoms with Crippen LogP contribution < -0.4 is 10.5 Å². The Bertz CT molecular complexity index is 671. The zero-order valence-electron chi connectivity index (χ0n) is 11.3. The third-order valence-corrected chi connectivity index (χ3v) is 4.49. The first-order valence-corrected chi connectivity index (χ1v) is 8.45. The van der Waals surface area contributed by atoms with Crippen LogP contribution in [-0.2, 0) is 11.2 Å². The number of hydrogen-bond acceptors (Lipinski definition) is 4. The molecule has 2 aromatic carbocycles. The molecule has 0 aliphatic carbocycles. The van der Waals surface area contributed by atoms with Crippen LogP contribution in [0.5, 0.6) is 17.2 Å². The summed E-state index contributed by atoms with van der Waals surface area (Å²) in [7, 11) is 0. The van der Waals surface area contributed by atoms with Gasteiger partial charge in [0, 0.05) is 0 Å². The zero-order chi connectivity index (χ0) is 16.3. The quantitative estimate of drug-likeness (QED) is 0.395. The molecule has 0 aliphatic heterocycles. The minimum atomic E-state index is -1.02. The Kier molecular flexibility index (Phi) is 8.59. The van der Waals surface area contributed by atoms with Crippen LogP contribution in [0.1, 0.15) is 5.56 Å². The molecule has 0 heterocycles. The first-order chi connectivity index (χ1) is 10.4. The van der Waals surface area contributed by atoms with Crippen LogP contribution in [0.4, 0.5) is 0 Å².